The highest BCUT2D eigenvalue weighted by atomic mass is 16.3. The summed E-state index contributed by atoms with van der Waals surface area (Å²) in [5.74, 6) is 0.210. The Labute approximate surface area is 99.7 Å². The van der Waals surface area contributed by atoms with Crippen LogP contribution in [0.4, 0.5) is 0 Å². The van der Waals surface area contributed by atoms with E-state index in [2.05, 4.69) is 4.98 Å². The minimum absolute atomic E-state index is 0.0108. The van der Waals surface area contributed by atoms with E-state index in [4.69, 9.17) is 0 Å². The van der Waals surface area contributed by atoms with Crippen molar-refractivity contribution in [1.29, 1.82) is 0 Å². The zero-order chi connectivity index (χ0) is 12.4. The van der Waals surface area contributed by atoms with Crippen LogP contribution < -0.4 is 0 Å². The molecule has 17 heavy (non-hydrogen) atoms. The summed E-state index contributed by atoms with van der Waals surface area (Å²) < 4.78 is 0. The van der Waals surface area contributed by atoms with Gasteiger partial charge in [0.1, 0.15) is 5.75 Å². The fraction of sp³-hybridized carbons (Fsp3) is 0.500. The van der Waals surface area contributed by atoms with Gasteiger partial charge in [-0.05, 0) is 24.8 Å². The molecule has 0 aliphatic heterocycles. The van der Waals surface area contributed by atoms with Gasteiger partial charge in [0.05, 0.1) is 17.9 Å². The van der Waals surface area contributed by atoms with Gasteiger partial charge < -0.3 is 15.1 Å². The van der Waals surface area contributed by atoms with Crippen molar-refractivity contribution in [2.75, 3.05) is 13.6 Å². The molecule has 1 aliphatic carbocycles. The van der Waals surface area contributed by atoms with Crippen LogP contribution in [-0.4, -0.2) is 45.7 Å². The summed E-state index contributed by atoms with van der Waals surface area (Å²) in [6.45, 7) is 0.631. The number of hydrogen-bond acceptors (Lipinski definition) is 4. The number of aromatic nitrogens is 1. The molecule has 5 heteroatoms. The highest BCUT2D eigenvalue weighted by Gasteiger charge is 2.29. The fourth-order valence-corrected chi connectivity index (χ4v) is 2.08. The number of aliphatic hydroxyl groups is 1. The minimum Gasteiger partial charge on any atom is -0.506 e. The molecular formula is C12H16N2O3. The average Bonchev–Trinajstić information content (AvgIpc) is 2.26. The third-order valence-corrected chi connectivity index (χ3v) is 3.06. The Hall–Kier alpha value is -1.62. The molecule has 1 aromatic heterocycles. The molecule has 0 spiro atoms. The summed E-state index contributed by atoms with van der Waals surface area (Å²) in [6, 6.07) is 1.40. The number of pyridine rings is 1. The van der Waals surface area contributed by atoms with Crippen molar-refractivity contribution < 1.29 is 15.0 Å². The lowest BCUT2D eigenvalue weighted by molar-refractivity contribution is 0.0265. The van der Waals surface area contributed by atoms with Gasteiger partial charge in [-0.15, -0.1) is 0 Å². The van der Waals surface area contributed by atoms with E-state index in [0.29, 0.717) is 18.0 Å². The first-order valence-corrected chi connectivity index (χ1v) is 5.64. The first kappa shape index (κ1) is 11.9. The molecular weight excluding hydrogens is 220 g/mol. The molecule has 1 aromatic rings. The van der Waals surface area contributed by atoms with E-state index in [1.165, 1.54) is 18.5 Å². The van der Waals surface area contributed by atoms with Crippen molar-refractivity contribution in [1.82, 2.24) is 9.88 Å². The maximum Gasteiger partial charge on any atom is 0.255 e. The minimum atomic E-state index is -0.203. The van der Waals surface area contributed by atoms with E-state index in [9.17, 15) is 15.0 Å². The Bertz CT molecular complexity index is 416. The third kappa shape index (κ3) is 2.74. The number of nitrogens with zero attached hydrogens (tertiary/aromatic N) is 2. The van der Waals surface area contributed by atoms with Crippen LogP contribution >= 0.6 is 0 Å². The normalized spacial score (nSPS) is 22.9. The van der Waals surface area contributed by atoms with Crippen LogP contribution in [0, 0.1) is 5.92 Å². The molecule has 1 saturated carbocycles. The number of hydrogen-bond donors (Lipinski definition) is 2. The van der Waals surface area contributed by atoms with E-state index < -0.39 is 0 Å². The molecule has 0 radical (unpaired) electrons. The lowest BCUT2D eigenvalue weighted by Crippen LogP contribution is -2.39. The molecule has 0 unspecified atom stereocenters. The van der Waals surface area contributed by atoms with Crippen LogP contribution in [0.2, 0.25) is 0 Å². The smallest absolute Gasteiger partial charge is 0.255 e. The largest absolute Gasteiger partial charge is 0.506 e. The van der Waals surface area contributed by atoms with Crippen molar-refractivity contribution in [2.24, 2.45) is 5.92 Å². The van der Waals surface area contributed by atoms with Gasteiger partial charge in [-0.2, -0.15) is 0 Å². The fourth-order valence-electron chi connectivity index (χ4n) is 2.08. The molecule has 2 N–H and O–H groups in total. The van der Waals surface area contributed by atoms with Crippen molar-refractivity contribution in [2.45, 2.75) is 18.9 Å². The summed E-state index contributed by atoms with van der Waals surface area (Å²) in [7, 11) is 1.72. The molecule has 5 nitrogen and oxygen atoms in total. The molecule has 1 aliphatic rings. The van der Waals surface area contributed by atoms with Gasteiger partial charge >= 0.3 is 0 Å². The molecule has 1 fully saturated rings. The number of aliphatic hydroxyl groups excluding tert-OH is 1. The quantitative estimate of drug-likeness (QED) is 0.807. The second kappa shape index (κ2) is 4.71. The maximum absolute atomic E-state index is 12.0. The topological polar surface area (TPSA) is 73.7 Å². The highest BCUT2D eigenvalue weighted by Crippen LogP contribution is 2.27. The van der Waals surface area contributed by atoms with Crippen molar-refractivity contribution in [3.63, 3.8) is 0 Å². The van der Waals surface area contributed by atoms with E-state index in [-0.39, 0.29) is 17.8 Å². The number of amides is 1. The predicted molar refractivity (Wildman–Crippen MR) is 61.6 cm³/mol. The van der Waals surface area contributed by atoms with Gasteiger partial charge in [-0.1, -0.05) is 0 Å². The molecule has 1 heterocycles. The van der Waals surface area contributed by atoms with Crippen molar-refractivity contribution in [3.05, 3.63) is 24.0 Å². The lowest BCUT2D eigenvalue weighted by Gasteiger charge is -2.34. The van der Waals surface area contributed by atoms with E-state index in [1.807, 2.05) is 0 Å². The molecule has 0 atom stereocenters. The molecule has 2 rings (SSSR count). The van der Waals surface area contributed by atoms with Gasteiger partial charge in [-0.25, -0.2) is 0 Å². The Balaban J connectivity index is 1.95. The van der Waals surface area contributed by atoms with Gasteiger partial charge in [0, 0.05) is 19.8 Å². The molecule has 0 saturated heterocycles. The molecule has 92 valence electrons. The van der Waals surface area contributed by atoms with Gasteiger partial charge in [0.2, 0.25) is 0 Å². The van der Waals surface area contributed by atoms with Gasteiger partial charge in [0.25, 0.3) is 5.91 Å². The maximum atomic E-state index is 12.0. The second-order valence-corrected chi connectivity index (χ2v) is 4.61. The van der Waals surface area contributed by atoms with E-state index in [1.54, 1.807) is 11.9 Å². The lowest BCUT2D eigenvalue weighted by atomic mass is 9.82. The zero-order valence-corrected chi connectivity index (χ0v) is 9.71. The SMILES string of the molecule is CN(CC1CC(O)C1)C(=O)c1cncc(O)c1. The van der Waals surface area contributed by atoms with Crippen LogP contribution in [-0.2, 0) is 0 Å². The Morgan fingerprint density at radius 2 is 2.24 bits per heavy atom. The first-order chi connectivity index (χ1) is 8.06. The monoisotopic (exact) mass is 236 g/mol. The van der Waals surface area contributed by atoms with E-state index in [0.717, 1.165) is 12.8 Å². The van der Waals surface area contributed by atoms with Crippen LogP contribution in [0.1, 0.15) is 23.2 Å². The van der Waals surface area contributed by atoms with Crippen LogP contribution in [0.15, 0.2) is 18.5 Å². The van der Waals surface area contributed by atoms with E-state index >= 15 is 0 Å². The molecule has 1 amide bonds. The first-order valence-electron chi connectivity index (χ1n) is 5.64. The Kier molecular flexibility index (Phi) is 3.28. The molecule has 0 aromatic carbocycles. The van der Waals surface area contributed by atoms with Crippen LogP contribution in [0.5, 0.6) is 5.75 Å². The third-order valence-electron chi connectivity index (χ3n) is 3.06. The van der Waals surface area contributed by atoms with Crippen molar-refractivity contribution >= 4 is 5.91 Å². The number of aromatic hydroxyl groups is 1. The van der Waals surface area contributed by atoms with Crippen LogP contribution in [0.3, 0.4) is 0 Å². The number of carbonyl (C=O) groups excluding carboxylic acids is 1. The summed E-state index contributed by atoms with van der Waals surface area (Å²) >= 11 is 0. The summed E-state index contributed by atoms with van der Waals surface area (Å²) in [6.07, 6.45) is 4.05. The predicted octanol–water partition coefficient (Wildman–Crippen LogP) is 0.630. The van der Waals surface area contributed by atoms with Crippen LogP contribution in [0.25, 0.3) is 0 Å². The highest BCUT2D eigenvalue weighted by molar-refractivity contribution is 5.94. The van der Waals surface area contributed by atoms with Gasteiger partial charge in [-0.3, -0.25) is 9.78 Å². The standard InChI is InChI=1S/C12H16N2O3/c1-14(7-8-2-10(15)3-8)12(17)9-4-11(16)6-13-5-9/h4-6,8,10,15-16H,2-3,7H2,1H3. The number of carbonyl (C=O) groups is 1. The summed E-state index contributed by atoms with van der Waals surface area (Å²) in [4.78, 5) is 17.3. The Morgan fingerprint density at radius 3 is 2.82 bits per heavy atom. The number of rotatable bonds is 3. The van der Waals surface area contributed by atoms with Gasteiger partial charge in [0.15, 0.2) is 0 Å². The molecule has 0 bridgehead atoms. The summed E-state index contributed by atoms with van der Waals surface area (Å²) in [5, 5.41) is 18.4. The second-order valence-electron chi connectivity index (χ2n) is 4.61. The Morgan fingerprint density at radius 1 is 1.53 bits per heavy atom. The van der Waals surface area contributed by atoms with Crippen molar-refractivity contribution in [3.8, 4) is 5.75 Å². The average molecular weight is 236 g/mol. The summed E-state index contributed by atoms with van der Waals surface area (Å²) in [5.41, 5.74) is 0.382. The zero-order valence-electron chi connectivity index (χ0n) is 9.71.